The molecule has 2 heterocycles. The van der Waals surface area contributed by atoms with E-state index in [4.69, 9.17) is 16.2 Å². The minimum absolute atomic E-state index is 0.0355. The van der Waals surface area contributed by atoms with E-state index in [1.165, 1.54) is 12.3 Å². The third kappa shape index (κ3) is 3.49. The van der Waals surface area contributed by atoms with Gasteiger partial charge in [0.1, 0.15) is 18.5 Å². The van der Waals surface area contributed by atoms with Gasteiger partial charge in [0, 0.05) is 6.20 Å². The molecule has 0 saturated carbocycles. The van der Waals surface area contributed by atoms with Gasteiger partial charge in [-0.3, -0.25) is 9.36 Å². The second kappa shape index (κ2) is 6.89. The minimum atomic E-state index is -0.788. The zero-order valence-corrected chi connectivity index (χ0v) is 13.9. The minimum Gasteiger partial charge on any atom is -0.503 e. The summed E-state index contributed by atoms with van der Waals surface area (Å²) in [6.07, 6.45) is 1.32. The van der Waals surface area contributed by atoms with E-state index >= 15 is 0 Å². The average Bonchev–Trinajstić information content (AvgIpc) is 2.80. The van der Waals surface area contributed by atoms with Crippen LogP contribution in [0.4, 0.5) is 5.82 Å². The number of nitrogens with zero attached hydrogens (tertiary/aromatic N) is 2. The first-order chi connectivity index (χ1) is 11.2. The molecule has 0 radical (unpaired) electrons. The lowest BCUT2D eigenvalue weighted by Gasteiger charge is -2.13. The summed E-state index contributed by atoms with van der Waals surface area (Å²) in [5.74, 6) is -1.66. The highest BCUT2D eigenvalue weighted by molar-refractivity contribution is 7.15. The van der Waals surface area contributed by atoms with Crippen LogP contribution in [0.3, 0.4) is 0 Å². The van der Waals surface area contributed by atoms with Gasteiger partial charge in [-0.05, 0) is 12.0 Å². The number of nitrogens with two attached hydrogens (primary N) is 2. The molecule has 0 fully saturated rings. The van der Waals surface area contributed by atoms with E-state index in [2.05, 4.69) is 4.98 Å². The molecule has 1 atom stereocenters. The van der Waals surface area contributed by atoms with Crippen molar-refractivity contribution in [2.45, 2.75) is 26.5 Å². The smallest absolute Gasteiger partial charge is 0.354 e. The van der Waals surface area contributed by atoms with Crippen molar-refractivity contribution in [2.75, 3.05) is 5.73 Å². The van der Waals surface area contributed by atoms with E-state index in [0.717, 1.165) is 15.9 Å². The first-order valence-electron chi connectivity index (χ1n) is 7.03. The number of carbonyl (C=O) groups excluding carboxylic acids is 1. The number of hydrogen-bond acceptors (Lipinski definition) is 9. The van der Waals surface area contributed by atoms with Crippen molar-refractivity contribution in [1.29, 1.82) is 0 Å². The Morgan fingerprint density at radius 2 is 2.08 bits per heavy atom. The fourth-order valence-electron chi connectivity index (χ4n) is 1.78. The number of esters is 1. The van der Waals surface area contributed by atoms with Crippen LogP contribution in [-0.4, -0.2) is 31.8 Å². The molecular formula is C14H18N4O5S. The largest absolute Gasteiger partial charge is 0.503 e. The molecule has 2 aromatic rings. The Kier molecular flexibility index (Phi) is 5.10. The first kappa shape index (κ1) is 17.8. The number of aromatic hydroxyl groups is 2. The quantitative estimate of drug-likeness (QED) is 0.560. The van der Waals surface area contributed by atoms with E-state index in [0.29, 0.717) is 0 Å². The summed E-state index contributed by atoms with van der Waals surface area (Å²) in [6.45, 7) is 3.28. The van der Waals surface area contributed by atoms with E-state index in [1.54, 1.807) is 13.8 Å². The maximum absolute atomic E-state index is 11.8. The molecule has 0 aliphatic rings. The molecule has 2 rings (SSSR count). The van der Waals surface area contributed by atoms with Crippen molar-refractivity contribution < 1.29 is 19.7 Å². The SMILES string of the molecule is CC(C)[C@H](N)C(=O)OCc1sc(-n2ccc(N)nc2=O)c(O)c1O. The van der Waals surface area contributed by atoms with Gasteiger partial charge in [-0.25, -0.2) is 4.79 Å². The average molecular weight is 354 g/mol. The summed E-state index contributed by atoms with van der Waals surface area (Å²) in [5.41, 5.74) is 10.4. The van der Waals surface area contributed by atoms with Crippen LogP contribution in [0.5, 0.6) is 11.5 Å². The van der Waals surface area contributed by atoms with Crippen molar-refractivity contribution in [2.24, 2.45) is 11.7 Å². The Morgan fingerprint density at radius 3 is 2.67 bits per heavy atom. The Balaban J connectivity index is 2.25. The molecule has 130 valence electrons. The molecule has 0 unspecified atom stereocenters. The summed E-state index contributed by atoms with van der Waals surface area (Å²) in [5, 5.41) is 20.0. The van der Waals surface area contributed by atoms with Crippen LogP contribution < -0.4 is 17.2 Å². The summed E-state index contributed by atoms with van der Waals surface area (Å²) >= 11 is 0.885. The van der Waals surface area contributed by atoms with Gasteiger partial charge in [-0.2, -0.15) is 4.98 Å². The summed E-state index contributed by atoms with van der Waals surface area (Å²) in [4.78, 5) is 27.3. The van der Waals surface area contributed by atoms with Crippen molar-refractivity contribution >= 4 is 23.1 Å². The lowest BCUT2D eigenvalue weighted by atomic mass is 10.1. The second-order valence-corrected chi connectivity index (χ2v) is 6.49. The Labute approximate surface area is 141 Å². The van der Waals surface area contributed by atoms with Crippen LogP contribution in [0, 0.1) is 5.92 Å². The van der Waals surface area contributed by atoms with Crippen molar-refractivity contribution in [1.82, 2.24) is 9.55 Å². The molecule has 0 bridgehead atoms. The van der Waals surface area contributed by atoms with Crippen molar-refractivity contribution in [3.05, 3.63) is 27.6 Å². The van der Waals surface area contributed by atoms with Crippen LogP contribution in [0.25, 0.3) is 5.00 Å². The lowest BCUT2D eigenvalue weighted by Crippen LogP contribution is -2.36. The molecule has 10 heteroatoms. The topological polar surface area (TPSA) is 154 Å². The normalized spacial score (nSPS) is 12.3. The van der Waals surface area contributed by atoms with Crippen LogP contribution in [0.2, 0.25) is 0 Å². The molecule has 0 spiro atoms. The monoisotopic (exact) mass is 354 g/mol. The maximum Gasteiger partial charge on any atom is 0.354 e. The third-order valence-corrected chi connectivity index (χ3v) is 4.43. The van der Waals surface area contributed by atoms with Gasteiger partial charge in [-0.15, -0.1) is 11.3 Å². The number of hydrogen-bond donors (Lipinski definition) is 4. The molecule has 0 amide bonds. The number of carbonyl (C=O) groups is 1. The molecule has 0 aliphatic heterocycles. The van der Waals surface area contributed by atoms with Gasteiger partial charge in [-0.1, -0.05) is 13.8 Å². The fraction of sp³-hybridized carbons (Fsp3) is 0.357. The Bertz CT molecular complexity index is 814. The van der Waals surface area contributed by atoms with Gasteiger partial charge < -0.3 is 26.4 Å². The zero-order chi connectivity index (χ0) is 18.0. The third-order valence-electron chi connectivity index (χ3n) is 3.29. The zero-order valence-electron chi connectivity index (χ0n) is 13.1. The van der Waals surface area contributed by atoms with Gasteiger partial charge in [0.25, 0.3) is 0 Å². The number of anilines is 1. The number of thiophene rings is 1. The number of nitrogen functional groups attached to an aromatic ring is 1. The molecule has 0 aromatic carbocycles. The van der Waals surface area contributed by atoms with E-state index < -0.39 is 29.2 Å². The molecule has 0 aliphatic carbocycles. The van der Waals surface area contributed by atoms with Crippen LogP contribution in [0.15, 0.2) is 17.1 Å². The summed E-state index contributed by atoms with van der Waals surface area (Å²) in [6, 6.07) is 0.586. The highest BCUT2D eigenvalue weighted by Crippen LogP contribution is 2.42. The van der Waals surface area contributed by atoms with E-state index in [1.807, 2.05) is 0 Å². The highest BCUT2D eigenvalue weighted by Gasteiger charge is 2.23. The van der Waals surface area contributed by atoms with Crippen molar-refractivity contribution in [3.63, 3.8) is 0 Å². The molecule has 0 saturated heterocycles. The van der Waals surface area contributed by atoms with Gasteiger partial charge in [0.15, 0.2) is 16.5 Å². The van der Waals surface area contributed by atoms with E-state index in [9.17, 15) is 19.8 Å². The van der Waals surface area contributed by atoms with Crippen LogP contribution in [-0.2, 0) is 16.1 Å². The number of aromatic nitrogens is 2. The predicted molar refractivity (Wildman–Crippen MR) is 88.1 cm³/mol. The number of ether oxygens (including phenoxy) is 1. The standard InChI is InChI=1S/C14H18N4O5S/c1-6(2)9(16)13(21)23-5-7-10(19)11(20)12(24-7)18-4-3-8(15)17-14(18)22/h3-4,6,9,19-20H,5,16H2,1-2H3,(H2,15,17,22)/t9-/m0/s1. The Morgan fingerprint density at radius 1 is 1.42 bits per heavy atom. The molecule has 24 heavy (non-hydrogen) atoms. The van der Waals surface area contributed by atoms with E-state index in [-0.39, 0.29) is 28.2 Å². The van der Waals surface area contributed by atoms with Crippen LogP contribution >= 0.6 is 11.3 Å². The fourth-order valence-corrected chi connectivity index (χ4v) is 2.76. The predicted octanol–water partition coefficient (Wildman–Crippen LogP) is 0.314. The lowest BCUT2D eigenvalue weighted by molar-refractivity contribution is -0.147. The Hall–Kier alpha value is -2.59. The summed E-state index contributed by atoms with van der Waals surface area (Å²) in [7, 11) is 0. The molecule has 9 nitrogen and oxygen atoms in total. The first-order valence-corrected chi connectivity index (χ1v) is 7.85. The second-order valence-electron chi connectivity index (χ2n) is 5.41. The molecular weight excluding hydrogens is 336 g/mol. The van der Waals surface area contributed by atoms with Gasteiger partial charge in [0.05, 0.1) is 4.88 Å². The van der Waals surface area contributed by atoms with Gasteiger partial charge >= 0.3 is 11.7 Å². The number of rotatable bonds is 5. The maximum atomic E-state index is 11.8. The summed E-state index contributed by atoms with van der Waals surface area (Å²) < 4.78 is 6.07. The highest BCUT2D eigenvalue weighted by atomic mass is 32.1. The van der Waals surface area contributed by atoms with Crippen molar-refractivity contribution in [3.8, 4) is 16.5 Å². The molecule has 2 aromatic heterocycles. The molecule has 6 N–H and O–H groups in total. The van der Waals surface area contributed by atoms with Gasteiger partial charge in [0.2, 0.25) is 0 Å². The van der Waals surface area contributed by atoms with Crippen LogP contribution in [0.1, 0.15) is 18.7 Å².